The highest BCUT2D eigenvalue weighted by atomic mass is 19.2. The van der Waals surface area contributed by atoms with Crippen LogP contribution in [-0.4, -0.2) is 50.5 Å². The molecular weight excluding hydrogens is 402 g/mol. The Bertz CT molecular complexity index is 1340. The van der Waals surface area contributed by atoms with Crippen LogP contribution in [-0.2, 0) is 0 Å². The summed E-state index contributed by atoms with van der Waals surface area (Å²) in [6.45, 7) is 2.99. The van der Waals surface area contributed by atoms with Crippen LogP contribution < -0.4 is 10.9 Å². The van der Waals surface area contributed by atoms with E-state index in [1.165, 1.54) is 0 Å². The predicted octanol–water partition coefficient (Wildman–Crippen LogP) is 3.25. The molecule has 0 aliphatic carbocycles. The van der Waals surface area contributed by atoms with Crippen molar-refractivity contribution < 1.29 is 8.78 Å². The summed E-state index contributed by atoms with van der Waals surface area (Å²) in [5, 5.41) is 3.94. The van der Waals surface area contributed by atoms with E-state index >= 15 is 0 Å². The molecule has 0 amide bonds. The number of anilines is 1. The van der Waals surface area contributed by atoms with Gasteiger partial charge in [0.05, 0.1) is 16.7 Å². The molecule has 3 aliphatic rings. The number of aromatic amines is 2. The molecule has 1 atom stereocenters. The molecule has 0 unspecified atom stereocenters. The standard InChI is InChI=1S/C22H20F2N6O/c23-13-8-12-16(9-14(13)24)28-22(31)18(21-27-15-2-1-5-25-20(15)29-21)19(12)26-17-10-30-6-3-11(17)4-7-30/h1-2,5,8-9,11,17H,3-4,6-7,10H2,(H,25,27,29)(H2,26,28,31)/t17-/m1/s1. The number of aromatic nitrogens is 4. The summed E-state index contributed by atoms with van der Waals surface area (Å²) < 4.78 is 28.1. The van der Waals surface area contributed by atoms with E-state index < -0.39 is 17.2 Å². The smallest absolute Gasteiger partial charge is 0.261 e. The van der Waals surface area contributed by atoms with Crippen LogP contribution in [0.25, 0.3) is 33.5 Å². The second kappa shape index (κ2) is 6.84. The number of hydrogen-bond acceptors (Lipinski definition) is 5. The Morgan fingerprint density at radius 2 is 1.90 bits per heavy atom. The molecule has 3 aliphatic heterocycles. The number of hydrogen-bond donors (Lipinski definition) is 3. The number of nitrogens with one attached hydrogen (secondary N) is 3. The van der Waals surface area contributed by atoms with Crippen LogP contribution in [0.1, 0.15) is 12.8 Å². The molecule has 3 saturated heterocycles. The van der Waals surface area contributed by atoms with Gasteiger partial charge in [0, 0.05) is 30.2 Å². The number of fused-ring (bicyclic) bond motifs is 5. The molecule has 3 N–H and O–H groups in total. The summed E-state index contributed by atoms with van der Waals surface area (Å²) >= 11 is 0. The number of pyridine rings is 2. The quantitative estimate of drug-likeness (QED) is 0.472. The zero-order valence-corrected chi connectivity index (χ0v) is 16.6. The summed E-state index contributed by atoms with van der Waals surface area (Å²) in [7, 11) is 0. The molecule has 2 bridgehead atoms. The maximum Gasteiger partial charge on any atom is 0.261 e. The Kier molecular flexibility index (Phi) is 4.07. The van der Waals surface area contributed by atoms with Gasteiger partial charge in [-0.2, -0.15) is 0 Å². The van der Waals surface area contributed by atoms with Gasteiger partial charge in [0.1, 0.15) is 11.4 Å². The molecule has 9 heteroatoms. The monoisotopic (exact) mass is 422 g/mol. The molecule has 7 rings (SSSR count). The van der Waals surface area contributed by atoms with Gasteiger partial charge in [0.25, 0.3) is 5.56 Å². The molecule has 158 valence electrons. The molecule has 1 aromatic carbocycles. The van der Waals surface area contributed by atoms with Crippen LogP contribution in [0.4, 0.5) is 14.5 Å². The van der Waals surface area contributed by atoms with Crippen LogP contribution in [0.5, 0.6) is 0 Å². The minimum Gasteiger partial charge on any atom is -0.379 e. The molecule has 0 spiro atoms. The lowest BCUT2D eigenvalue weighted by Crippen LogP contribution is -2.53. The normalized spacial score (nSPS) is 23.0. The van der Waals surface area contributed by atoms with E-state index in [4.69, 9.17) is 0 Å². The van der Waals surface area contributed by atoms with Gasteiger partial charge in [-0.1, -0.05) is 0 Å². The summed E-state index contributed by atoms with van der Waals surface area (Å²) in [5.74, 6) is -1.16. The van der Waals surface area contributed by atoms with E-state index in [0.29, 0.717) is 34.0 Å². The van der Waals surface area contributed by atoms with E-state index in [1.54, 1.807) is 12.3 Å². The van der Waals surface area contributed by atoms with Crippen molar-refractivity contribution in [3.63, 3.8) is 0 Å². The fraction of sp³-hybridized carbons (Fsp3) is 0.318. The highest BCUT2D eigenvalue weighted by Crippen LogP contribution is 2.36. The highest BCUT2D eigenvalue weighted by Gasteiger charge is 2.35. The summed E-state index contributed by atoms with van der Waals surface area (Å²) in [4.78, 5) is 30.1. The zero-order chi connectivity index (χ0) is 21.1. The Labute approximate surface area is 175 Å². The van der Waals surface area contributed by atoms with Crippen molar-refractivity contribution in [2.75, 3.05) is 25.0 Å². The Morgan fingerprint density at radius 1 is 1.10 bits per heavy atom. The number of rotatable bonds is 3. The van der Waals surface area contributed by atoms with E-state index in [0.717, 1.165) is 44.6 Å². The van der Waals surface area contributed by atoms with Gasteiger partial charge in [-0.25, -0.2) is 18.7 Å². The molecule has 3 aromatic heterocycles. The van der Waals surface area contributed by atoms with Gasteiger partial charge < -0.3 is 20.2 Å². The number of benzene rings is 1. The first-order chi connectivity index (χ1) is 15.1. The van der Waals surface area contributed by atoms with Crippen LogP contribution in [0.2, 0.25) is 0 Å². The van der Waals surface area contributed by atoms with Gasteiger partial charge in [-0.15, -0.1) is 0 Å². The van der Waals surface area contributed by atoms with Crippen LogP contribution >= 0.6 is 0 Å². The van der Waals surface area contributed by atoms with E-state index in [2.05, 4.69) is 30.2 Å². The van der Waals surface area contributed by atoms with Crippen molar-refractivity contribution >= 4 is 27.8 Å². The molecule has 0 saturated carbocycles. The molecule has 4 aromatic rings. The van der Waals surface area contributed by atoms with Gasteiger partial charge in [0.15, 0.2) is 17.3 Å². The number of nitrogens with zero attached hydrogens (tertiary/aromatic N) is 3. The van der Waals surface area contributed by atoms with Crippen molar-refractivity contribution in [2.24, 2.45) is 5.92 Å². The van der Waals surface area contributed by atoms with Crippen LogP contribution in [0.15, 0.2) is 35.3 Å². The van der Waals surface area contributed by atoms with Gasteiger partial charge in [-0.3, -0.25) is 4.79 Å². The van der Waals surface area contributed by atoms with Gasteiger partial charge >= 0.3 is 0 Å². The fourth-order valence-corrected chi connectivity index (χ4v) is 4.94. The second-order valence-electron chi connectivity index (χ2n) is 8.36. The Balaban J connectivity index is 1.58. The maximum absolute atomic E-state index is 14.2. The first-order valence-electron chi connectivity index (χ1n) is 10.4. The summed E-state index contributed by atoms with van der Waals surface area (Å²) in [6, 6.07) is 5.87. The fourth-order valence-electron chi connectivity index (χ4n) is 4.94. The average Bonchev–Trinajstić information content (AvgIpc) is 3.20. The third kappa shape index (κ3) is 2.99. The highest BCUT2D eigenvalue weighted by molar-refractivity contribution is 5.99. The predicted molar refractivity (Wildman–Crippen MR) is 114 cm³/mol. The molecule has 0 radical (unpaired) electrons. The lowest BCUT2D eigenvalue weighted by Gasteiger charge is -2.45. The topological polar surface area (TPSA) is 89.7 Å². The minimum absolute atomic E-state index is 0.113. The summed E-state index contributed by atoms with van der Waals surface area (Å²) in [5.41, 5.74) is 1.72. The molecule has 6 heterocycles. The number of piperidine rings is 3. The third-order valence-corrected chi connectivity index (χ3v) is 6.54. The largest absolute Gasteiger partial charge is 0.379 e. The van der Waals surface area contributed by atoms with Crippen molar-refractivity contribution in [3.8, 4) is 11.4 Å². The van der Waals surface area contributed by atoms with Gasteiger partial charge in [0.2, 0.25) is 0 Å². The van der Waals surface area contributed by atoms with Crippen molar-refractivity contribution in [1.29, 1.82) is 0 Å². The minimum atomic E-state index is -1.00. The first kappa shape index (κ1) is 18.4. The van der Waals surface area contributed by atoms with Gasteiger partial charge in [-0.05, 0) is 50.0 Å². The molecule has 7 nitrogen and oxygen atoms in total. The summed E-state index contributed by atoms with van der Waals surface area (Å²) in [6.07, 6.45) is 3.78. The SMILES string of the molecule is O=c1[nH]c2cc(F)c(F)cc2c(N[C@@H]2CN3CCC2CC3)c1-c1nc2ncccc2[nH]1. The van der Waals surface area contributed by atoms with Crippen molar-refractivity contribution in [3.05, 3.63) is 52.5 Å². The van der Waals surface area contributed by atoms with E-state index in [9.17, 15) is 13.6 Å². The lowest BCUT2D eigenvalue weighted by atomic mass is 9.83. The first-order valence-corrected chi connectivity index (χ1v) is 10.4. The molecular formula is C22H20F2N6O. The molecule has 3 fully saturated rings. The van der Waals surface area contributed by atoms with Crippen LogP contribution in [0.3, 0.4) is 0 Å². The maximum atomic E-state index is 14.2. The Hall–Kier alpha value is -3.33. The van der Waals surface area contributed by atoms with Crippen LogP contribution in [0, 0.1) is 17.6 Å². The van der Waals surface area contributed by atoms with E-state index in [-0.39, 0.29) is 17.1 Å². The van der Waals surface area contributed by atoms with E-state index in [1.807, 2.05) is 6.07 Å². The average molecular weight is 422 g/mol. The third-order valence-electron chi connectivity index (χ3n) is 6.54. The Morgan fingerprint density at radius 3 is 2.65 bits per heavy atom. The second-order valence-corrected chi connectivity index (χ2v) is 8.36. The number of imidazole rings is 1. The zero-order valence-electron chi connectivity index (χ0n) is 16.6. The number of halogens is 2. The number of H-pyrrole nitrogens is 2. The van der Waals surface area contributed by atoms with Crippen molar-refractivity contribution in [2.45, 2.75) is 18.9 Å². The lowest BCUT2D eigenvalue weighted by molar-refractivity contribution is 0.0976. The molecule has 31 heavy (non-hydrogen) atoms. The van der Waals surface area contributed by atoms with Crippen molar-refractivity contribution in [1.82, 2.24) is 24.8 Å².